The van der Waals surface area contributed by atoms with E-state index in [0.717, 1.165) is 12.8 Å². The second kappa shape index (κ2) is 4.09. The van der Waals surface area contributed by atoms with E-state index in [1.807, 2.05) is 24.0 Å². The zero-order valence-corrected chi connectivity index (χ0v) is 8.35. The van der Waals surface area contributed by atoms with Crippen molar-refractivity contribution in [2.75, 3.05) is 0 Å². The fourth-order valence-corrected chi connectivity index (χ4v) is 1.56. The van der Waals surface area contributed by atoms with E-state index in [4.69, 9.17) is 0 Å². The van der Waals surface area contributed by atoms with Crippen molar-refractivity contribution < 1.29 is 0 Å². The molecule has 0 radical (unpaired) electrons. The van der Waals surface area contributed by atoms with Crippen molar-refractivity contribution in [1.82, 2.24) is 9.78 Å². The number of hydrogen-bond acceptors (Lipinski definition) is 1. The topological polar surface area (TPSA) is 17.8 Å². The minimum absolute atomic E-state index is 1.06. The Bertz CT molecular complexity index is 390. The highest BCUT2D eigenvalue weighted by molar-refractivity contribution is 5.16. The lowest BCUT2D eigenvalue weighted by molar-refractivity contribution is 0.703. The molecule has 0 aliphatic carbocycles. The number of rotatable bonds is 3. The summed E-state index contributed by atoms with van der Waals surface area (Å²) in [5.74, 6) is 0. The average molecular weight is 186 g/mol. The molecule has 0 aliphatic heterocycles. The minimum Gasteiger partial charge on any atom is -0.273 e. The molecule has 0 saturated carbocycles. The molecule has 1 heterocycles. The molecule has 2 aromatic rings. The number of nitrogens with zero attached hydrogens (tertiary/aromatic N) is 2. The van der Waals surface area contributed by atoms with Gasteiger partial charge in [-0.25, -0.2) is 0 Å². The highest BCUT2D eigenvalue weighted by Crippen LogP contribution is 2.05. The summed E-state index contributed by atoms with van der Waals surface area (Å²) in [6.45, 7) is 0. The Balaban J connectivity index is 1.99. The molecule has 0 aliphatic rings. The van der Waals surface area contributed by atoms with E-state index < -0.39 is 0 Å². The first-order valence-electron chi connectivity index (χ1n) is 4.87. The fourth-order valence-electron chi connectivity index (χ4n) is 1.56. The van der Waals surface area contributed by atoms with Gasteiger partial charge in [-0.05, 0) is 24.5 Å². The summed E-state index contributed by atoms with van der Waals surface area (Å²) >= 11 is 0. The highest BCUT2D eigenvalue weighted by Gasteiger charge is 1.98. The predicted octanol–water partition coefficient (Wildman–Crippen LogP) is 2.21. The first-order valence-corrected chi connectivity index (χ1v) is 4.87. The third kappa shape index (κ3) is 2.02. The number of hydrogen-bond donors (Lipinski definition) is 0. The van der Waals surface area contributed by atoms with Gasteiger partial charge in [-0.1, -0.05) is 30.3 Å². The maximum atomic E-state index is 4.15. The van der Waals surface area contributed by atoms with Crippen LogP contribution in [0.5, 0.6) is 0 Å². The second-order valence-corrected chi connectivity index (χ2v) is 3.43. The smallest absolute Gasteiger partial charge is 0.0492 e. The van der Waals surface area contributed by atoms with Crippen LogP contribution in [0.3, 0.4) is 0 Å². The Morgan fingerprint density at radius 1 is 1.07 bits per heavy atom. The third-order valence-corrected chi connectivity index (χ3v) is 2.44. The zero-order chi connectivity index (χ0) is 9.80. The van der Waals surface area contributed by atoms with Crippen LogP contribution < -0.4 is 0 Å². The summed E-state index contributed by atoms with van der Waals surface area (Å²) < 4.78 is 1.93. The molecule has 14 heavy (non-hydrogen) atoms. The molecule has 2 heteroatoms. The van der Waals surface area contributed by atoms with E-state index in [1.165, 1.54) is 11.3 Å². The Kier molecular flexibility index (Phi) is 2.63. The average Bonchev–Trinajstić information content (AvgIpc) is 2.63. The van der Waals surface area contributed by atoms with Gasteiger partial charge < -0.3 is 0 Å². The number of benzene rings is 1. The SMILES string of the molecule is Cn1nccc1CCc1ccccc1. The van der Waals surface area contributed by atoms with E-state index >= 15 is 0 Å². The molecule has 1 aromatic carbocycles. The van der Waals surface area contributed by atoms with Crippen LogP contribution in [-0.2, 0) is 19.9 Å². The summed E-state index contributed by atoms with van der Waals surface area (Å²) in [7, 11) is 1.99. The van der Waals surface area contributed by atoms with Gasteiger partial charge in [0, 0.05) is 18.9 Å². The van der Waals surface area contributed by atoms with Crippen molar-refractivity contribution in [3.63, 3.8) is 0 Å². The molecule has 0 unspecified atom stereocenters. The molecule has 0 saturated heterocycles. The molecule has 72 valence electrons. The summed E-state index contributed by atoms with van der Waals surface area (Å²) in [4.78, 5) is 0. The Morgan fingerprint density at radius 3 is 2.50 bits per heavy atom. The van der Waals surface area contributed by atoms with Crippen LogP contribution >= 0.6 is 0 Å². The molecule has 0 N–H and O–H groups in total. The predicted molar refractivity (Wildman–Crippen MR) is 57.1 cm³/mol. The molecule has 0 spiro atoms. The molecular weight excluding hydrogens is 172 g/mol. The normalized spacial score (nSPS) is 10.4. The summed E-state index contributed by atoms with van der Waals surface area (Å²) in [6.07, 6.45) is 3.99. The molecule has 0 atom stereocenters. The van der Waals surface area contributed by atoms with Gasteiger partial charge in [0.2, 0.25) is 0 Å². The maximum Gasteiger partial charge on any atom is 0.0492 e. The van der Waals surface area contributed by atoms with Gasteiger partial charge in [-0.15, -0.1) is 0 Å². The standard InChI is InChI=1S/C12H14N2/c1-14-12(9-10-13-14)8-7-11-5-3-2-4-6-11/h2-6,9-10H,7-8H2,1H3. The Hall–Kier alpha value is -1.57. The molecule has 0 amide bonds. The van der Waals surface area contributed by atoms with Crippen molar-refractivity contribution in [2.45, 2.75) is 12.8 Å². The van der Waals surface area contributed by atoms with Crippen LogP contribution in [0.1, 0.15) is 11.3 Å². The van der Waals surface area contributed by atoms with Gasteiger partial charge in [0.1, 0.15) is 0 Å². The van der Waals surface area contributed by atoms with E-state index in [9.17, 15) is 0 Å². The van der Waals surface area contributed by atoms with Crippen molar-refractivity contribution in [1.29, 1.82) is 0 Å². The highest BCUT2D eigenvalue weighted by atomic mass is 15.2. The lowest BCUT2D eigenvalue weighted by Gasteiger charge is -2.01. The Morgan fingerprint density at radius 2 is 1.86 bits per heavy atom. The van der Waals surface area contributed by atoms with E-state index in [0.29, 0.717) is 0 Å². The lowest BCUT2D eigenvalue weighted by Crippen LogP contribution is -1.99. The van der Waals surface area contributed by atoms with E-state index in [2.05, 4.69) is 35.4 Å². The monoisotopic (exact) mass is 186 g/mol. The summed E-state index contributed by atoms with van der Waals surface area (Å²) in [5, 5.41) is 4.15. The van der Waals surface area contributed by atoms with Gasteiger partial charge in [0.15, 0.2) is 0 Å². The van der Waals surface area contributed by atoms with Gasteiger partial charge in [-0.2, -0.15) is 5.10 Å². The quantitative estimate of drug-likeness (QED) is 0.718. The Labute approximate surface area is 84.2 Å². The van der Waals surface area contributed by atoms with Crippen molar-refractivity contribution in [3.8, 4) is 0 Å². The van der Waals surface area contributed by atoms with E-state index in [1.54, 1.807) is 0 Å². The number of aryl methyl sites for hydroxylation is 3. The minimum atomic E-state index is 1.06. The summed E-state index contributed by atoms with van der Waals surface area (Å²) in [5.41, 5.74) is 2.67. The van der Waals surface area contributed by atoms with Crippen LogP contribution in [-0.4, -0.2) is 9.78 Å². The molecule has 2 rings (SSSR count). The fraction of sp³-hybridized carbons (Fsp3) is 0.250. The van der Waals surface area contributed by atoms with E-state index in [-0.39, 0.29) is 0 Å². The first-order chi connectivity index (χ1) is 6.86. The maximum absolute atomic E-state index is 4.15. The van der Waals surface area contributed by atoms with Crippen LogP contribution in [0.4, 0.5) is 0 Å². The van der Waals surface area contributed by atoms with Crippen molar-refractivity contribution in [3.05, 3.63) is 53.9 Å². The van der Waals surface area contributed by atoms with Gasteiger partial charge in [0.25, 0.3) is 0 Å². The molecule has 1 aromatic heterocycles. The molecule has 2 nitrogen and oxygen atoms in total. The van der Waals surface area contributed by atoms with Crippen LogP contribution in [0.25, 0.3) is 0 Å². The third-order valence-electron chi connectivity index (χ3n) is 2.44. The van der Waals surface area contributed by atoms with Crippen LogP contribution in [0, 0.1) is 0 Å². The number of aromatic nitrogens is 2. The van der Waals surface area contributed by atoms with Crippen LogP contribution in [0.15, 0.2) is 42.6 Å². The van der Waals surface area contributed by atoms with Crippen LogP contribution in [0.2, 0.25) is 0 Å². The molecular formula is C12H14N2. The summed E-state index contributed by atoms with van der Waals surface area (Å²) in [6, 6.07) is 12.6. The lowest BCUT2D eigenvalue weighted by atomic mass is 10.1. The largest absolute Gasteiger partial charge is 0.273 e. The first kappa shape index (κ1) is 9.00. The second-order valence-electron chi connectivity index (χ2n) is 3.43. The van der Waals surface area contributed by atoms with Crippen molar-refractivity contribution >= 4 is 0 Å². The van der Waals surface area contributed by atoms with Gasteiger partial charge >= 0.3 is 0 Å². The zero-order valence-electron chi connectivity index (χ0n) is 8.35. The molecule has 0 fully saturated rings. The van der Waals surface area contributed by atoms with Gasteiger partial charge in [0.05, 0.1) is 0 Å². The van der Waals surface area contributed by atoms with Gasteiger partial charge in [-0.3, -0.25) is 4.68 Å². The van der Waals surface area contributed by atoms with Crippen molar-refractivity contribution in [2.24, 2.45) is 7.05 Å². The molecule has 0 bridgehead atoms.